The van der Waals surface area contributed by atoms with E-state index < -0.39 is 16.0 Å². The molecule has 0 heterocycles. The summed E-state index contributed by atoms with van der Waals surface area (Å²) in [4.78, 5) is 10.4. The minimum Gasteiger partial charge on any atom is -0.481 e. The molecule has 102 valence electrons. The second-order valence-electron chi connectivity index (χ2n) is 4.03. The van der Waals surface area contributed by atoms with Crippen LogP contribution < -0.4 is 0 Å². The second kappa shape index (κ2) is 6.31. The van der Waals surface area contributed by atoms with Crippen LogP contribution in [0.15, 0.2) is 24.3 Å². The normalized spacial score (nSPS) is 11.2. The summed E-state index contributed by atoms with van der Waals surface area (Å²) in [6.45, 7) is -0.0616. The SMILES string of the molecule is CN(CCC(=O)O)S(=O)(=O)Cc1ccc(C#N)cc1. The average molecular weight is 282 g/mol. The first kappa shape index (κ1) is 15.1. The lowest BCUT2D eigenvalue weighted by molar-refractivity contribution is -0.137. The molecule has 7 heteroatoms. The van der Waals surface area contributed by atoms with Gasteiger partial charge in [0.15, 0.2) is 0 Å². The van der Waals surface area contributed by atoms with Crippen LogP contribution in [0.25, 0.3) is 0 Å². The third kappa shape index (κ3) is 4.69. The zero-order chi connectivity index (χ0) is 14.5. The summed E-state index contributed by atoms with van der Waals surface area (Å²) in [6.07, 6.45) is -0.233. The fraction of sp³-hybridized carbons (Fsp3) is 0.333. The number of sulfonamides is 1. The lowest BCUT2D eigenvalue weighted by Gasteiger charge is -2.16. The minimum atomic E-state index is -3.54. The van der Waals surface area contributed by atoms with Crippen LogP contribution >= 0.6 is 0 Å². The van der Waals surface area contributed by atoms with Crippen LogP contribution in [0, 0.1) is 11.3 Å². The smallest absolute Gasteiger partial charge is 0.304 e. The van der Waals surface area contributed by atoms with Crippen molar-refractivity contribution >= 4 is 16.0 Å². The van der Waals surface area contributed by atoms with Crippen LogP contribution in [0.5, 0.6) is 0 Å². The first-order chi connectivity index (χ1) is 8.85. The molecule has 0 atom stereocenters. The van der Waals surface area contributed by atoms with Crippen molar-refractivity contribution < 1.29 is 18.3 Å². The first-order valence-electron chi connectivity index (χ1n) is 5.50. The molecule has 0 aliphatic carbocycles. The predicted octanol–water partition coefficient (Wildman–Crippen LogP) is 0.795. The predicted molar refractivity (Wildman–Crippen MR) is 68.7 cm³/mol. The maximum Gasteiger partial charge on any atom is 0.304 e. The number of nitrogens with zero attached hydrogens (tertiary/aromatic N) is 2. The number of carbonyl (C=O) groups is 1. The van der Waals surface area contributed by atoms with Crippen LogP contribution in [-0.4, -0.2) is 37.4 Å². The Morgan fingerprint density at radius 2 is 1.95 bits per heavy atom. The monoisotopic (exact) mass is 282 g/mol. The van der Waals surface area contributed by atoms with Crippen molar-refractivity contribution in [3.63, 3.8) is 0 Å². The number of benzene rings is 1. The van der Waals surface area contributed by atoms with Gasteiger partial charge in [-0.3, -0.25) is 4.79 Å². The van der Waals surface area contributed by atoms with Gasteiger partial charge in [0.2, 0.25) is 10.0 Å². The molecule has 0 spiro atoms. The molecule has 19 heavy (non-hydrogen) atoms. The topological polar surface area (TPSA) is 98.5 Å². The molecule has 0 aliphatic rings. The molecule has 6 nitrogen and oxygen atoms in total. The van der Waals surface area contributed by atoms with E-state index in [1.54, 1.807) is 24.3 Å². The average Bonchev–Trinajstić information content (AvgIpc) is 2.36. The van der Waals surface area contributed by atoms with Crippen molar-refractivity contribution in [2.75, 3.05) is 13.6 Å². The largest absolute Gasteiger partial charge is 0.481 e. The zero-order valence-corrected chi connectivity index (χ0v) is 11.2. The molecule has 0 saturated carbocycles. The fourth-order valence-electron chi connectivity index (χ4n) is 1.39. The van der Waals surface area contributed by atoms with Crippen molar-refractivity contribution in [2.45, 2.75) is 12.2 Å². The van der Waals surface area contributed by atoms with Gasteiger partial charge in [0.1, 0.15) is 0 Å². The molecule has 0 amide bonds. The highest BCUT2D eigenvalue weighted by Crippen LogP contribution is 2.11. The highest BCUT2D eigenvalue weighted by molar-refractivity contribution is 7.88. The van der Waals surface area contributed by atoms with Gasteiger partial charge < -0.3 is 5.11 Å². The maximum atomic E-state index is 11.9. The molecule has 0 unspecified atom stereocenters. The van der Waals surface area contributed by atoms with E-state index >= 15 is 0 Å². The summed E-state index contributed by atoms with van der Waals surface area (Å²) in [7, 11) is -2.19. The number of rotatable bonds is 6. The van der Waals surface area contributed by atoms with E-state index in [4.69, 9.17) is 10.4 Å². The third-order valence-corrected chi connectivity index (χ3v) is 4.38. The Bertz CT molecular complexity index is 587. The summed E-state index contributed by atoms with van der Waals surface area (Å²) in [5.74, 6) is -1.25. The molecule has 1 rings (SSSR count). The summed E-state index contributed by atoms with van der Waals surface area (Å²) in [5.41, 5.74) is 1.02. The molecular weight excluding hydrogens is 268 g/mol. The molecule has 0 aromatic heterocycles. The van der Waals surface area contributed by atoms with Gasteiger partial charge in [-0.15, -0.1) is 0 Å². The van der Waals surface area contributed by atoms with Gasteiger partial charge >= 0.3 is 5.97 Å². The molecule has 0 radical (unpaired) electrons. The van der Waals surface area contributed by atoms with Gasteiger partial charge in [-0.1, -0.05) is 12.1 Å². The number of carboxylic acids is 1. The lowest BCUT2D eigenvalue weighted by Crippen LogP contribution is -2.30. The van der Waals surface area contributed by atoms with E-state index in [9.17, 15) is 13.2 Å². The van der Waals surface area contributed by atoms with Crippen molar-refractivity contribution in [3.05, 3.63) is 35.4 Å². The van der Waals surface area contributed by atoms with Gasteiger partial charge in [0.25, 0.3) is 0 Å². The van der Waals surface area contributed by atoms with E-state index in [1.165, 1.54) is 7.05 Å². The Kier molecular flexibility index (Phi) is 5.03. The molecular formula is C12H14N2O4S. The van der Waals surface area contributed by atoms with Gasteiger partial charge in [0.05, 0.1) is 23.8 Å². The highest BCUT2D eigenvalue weighted by atomic mass is 32.2. The van der Waals surface area contributed by atoms with Crippen molar-refractivity contribution in [2.24, 2.45) is 0 Å². The maximum absolute atomic E-state index is 11.9. The highest BCUT2D eigenvalue weighted by Gasteiger charge is 2.19. The van der Waals surface area contributed by atoms with Crippen LogP contribution in [0.3, 0.4) is 0 Å². The number of aliphatic carboxylic acids is 1. The van der Waals surface area contributed by atoms with E-state index in [-0.39, 0.29) is 18.7 Å². The van der Waals surface area contributed by atoms with Crippen molar-refractivity contribution in [1.29, 1.82) is 5.26 Å². The van der Waals surface area contributed by atoms with Crippen LogP contribution in [-0.2, 0) is 20.6 Å². The van der Waals surface area contributed by atoms with Crippen LogP contribution in [0.2, 0.25) is 0 Å². The Morgan fingerprint density at radius 1 is 1.37 bits per heavy atom. The summed E-state index contributed by atoms with van der Waals surface area (Å²) >= 11 is 0. The second-order valence-corrected chi connectivity index (χ2v) is 6.11. The van der Waals surface area contributed by atoms with Gasteiger partial charge in [-0.05, 0) is 17.7 Å². The van der Waals surface area contributed by atoms with Crippen molar-refractivity contribution in [1.82, 2.24) is 4.31 Å². The van der Waals surface area contributed by atoms with Gasteiger partial charge in [-0.25, -0.2) is 12.7 Å². The Labute approximate surface area is 111 Å². The van der Waals surface area contributed by atoms with E-state index in [0.717, 1.165) is 4.31 Å². The quantitative estimate of drug-likeness (QED) is 0.831. The molecule has 1 N–H and O–H groups in total. The molecule has 1 aromatic carbocycles. The third-order valence-electron chi connectivity index (χ3n) is 2.55. The van der Waals surface area contributed by atoms with Crippen LogP contribution in [0.1, 0.15) is 17.5 Å². The van der Waals surface area contributed by atoms with Crippen molar-refractivity contribution in [3.8, 4) is 6.07 Å². The number of hydrogen-bond acceptors (Lipinski definition) is 4. The van der Waals surface area contributed by atoms with E-state index in [2.05, 4.69) is 0 Å². The molecule has 1 aromatic rings. The molecule has 0 bridgehead atoms. The van der Waals surface area contributed by atoms with Gasteiger partial charge in [-0.2, -0.15) is 5.26 Å². The number of hydrogen-bond donors (Lipinski definition) is 1. The van der Waals surface area contributed by atoms with Crippen LogP contribution in [0.4, 0.5) is 0 Å². The molecule has 0 saturated heterocycles. The Balaban J connectivity index is 2.73. The van der Waals surface area contributed by atoms with E-state index in [0.29, 0.717) is 11.1 Å². The van der Waals surface area contributed by atoms with E-state index in [1.807, 2.05) is 6.07 Å². The minimum absolute atomic E-state index is 0.0616. The number of carboxylic acid groups (broad SMARTS) is 1. The zero-order valence-electron chi connectivity index (χ0n) is 10.4. The molecule has 0 fully saturated rings. The summed E-state index contributed by atoms with van der Waals surface area (Å²) in [6, 6.07) is 8.18. The summed E-state index contributed by atoms with van der Waals surface area (Å²) in [5, 5.41) is 17.2. The Hall–Kier alpha value is -1.91. The van der Waals surface area contributed by atoms with Gasteiger partial charge in [0, 0.05) is 13.6 Å². The Morgan fingerprint density at radius 3 is 2.42 bits per heavy atom. The summed E-state index contributed by atoms with van der Waals surface area (Å²) < 4.78 is 24.9. The fourth-order valence-corrected chi connectivity index (χ4v) is 2.59. The molecule has 0 aliphatic heterocycles. The lowest BCUT2D eigenvalue weighted by atomic mass is 10.2. The standard InChI is InChI=1S/C12H14N2O4S/c1-14(7-6-12(15)16)19(17,18)9-11-4-2-10(8-13)3-5-11/h2-5H,6-7,9H2,1H3,(H,15,16). The first-order valence-corrected chi connectivity index (χ1v) is 7.11. The number of nitriles is 1.